The number of hydrazine groups is 1. The maximum atomic E-state index is 3.42. The van der Waals surface area contributed by atoms with E-state index in [1.807, 2.05) is 13.8 Å². The number of nitrogens with one attached hydrogen (secondary N) is 1. The van der Waals surface area contributed by atoms with Crippen LogP contribution < -0.4 is 5.43 Å². The summed E-state index contributed by atoms with van der Waals surface area (Å²) in [6.45, 7) is 14.5. The van der Waals surface area contributed by atoms with E-state index in [4.69, 9.17) is 0 Å². The van der Waals surface area contributed by atoms with Crippen LogP contribution in [0.2, 0.25) is 0 Å². The normalized spacial score (nSPS) is 24.7. The van der Waals surface area contributed by atoms with Crippen LogP contribution in [0.15, 0.2) is 12.3 Å². The van der Waals surface area contributed by atoms with E-state index in [1.165, 1.54) is 32.4 Å². The van der Waals surface area contributed by atoms with Crippen LogP contribution in [0.25, 0.3) is 0 Å². The smallest absolute Gasteiger partial charge is 0.0448 e. The van der Waals surface area contributed by atoms with E-state index < -0.39 is 0 Å². The third-order valence-electron chi connectivity index (χ3n) is 4.18. The van der Waals surface area contributed by atoms with Crippen LogP contribution in [-0.4, -0.2) is 41.6 Å². The summed E-state index contributed by atoms with van der Waals surface area (Å²) in [6, 6.07) is 1.38. The highest BCUT2D eigenvalue weighted by atomic mass is 15.5. The monoisotopic (exact) mass is 267 g/mol. The minimum absolute atomic E-state index is 0.672. The fraction of sp³-hybridized carbons (Fsp3) is 0.875. The summed E-state index contributed by atoms with van der Waals surface area (Å²) in [6.07, 6.45) is 8.36. The highest BCUT2D eigenvalue weighted by Gasteiger charge is 2.27. The standard InChI is InChI=1S/C14H27N3.C2H6/c1-4-14(17-8-5-7-15-17)10-13-6-9-16(11-13)12(2)3;1-2/h5,8,12-15H,4,6-7,9-11H2,1-3H3;1-2H3. The van der Waals surface area contributed by atoms with Crippen molar-refractivity contribution < 1.29 is 0 Å². The maximum absolute atomic E-state index is 3.42. The van der Waals surface area contributed by atoms with Gasteiger partial charge in [-0.25, -0.2) is 5.43 Å². The lowest BCUT2D eigenvalue weighted by Crippen LogP contribution is -2.39. The van der Waals surface area contributed by atoms with Gasteiger partial charge in [0.25, 0.3) is 0 Å². The summed E-state index contributed by atoms with van der Waals surface area (Å²) in [5, 5.41) is 2.32. The molecule has 1 saturated heterocycles. The SMILES string of the molecule is CC.CCC(CC1CCN(C(C)C)C1)N1C=CCN1. The van der Waals surface area contributed by atoms with Gasteiger partial charge in [-0.15, -0.1) is 0 Å². The molecule has 0 saturated carbocycles. The molecule has 2 aliphatic heterocycles. The van der Waals surface area contributed by atoms with E-state index in [0.29, 0.717) is 12.1 Å². The van der Waals surface area contributed by atoms with Crippen LogP contribution in [0.1, 0.15) is 53.9 Å². The molecule has 1 N–H and O–H groups in total. The second-order valence-corrected chi connectivity index (χ2v) is 5.70. The van der Waals surface area contributed by atoms with Crippen LogP contribution in [0.3, 0.4) is 0 Å². The van der Waals surface area contributed by atoms with Crippen LogP contribution >= 0.6 is 0 Å². The van der Waals surface area contributed by atoms with E-state index >= 15 is 0 Å². The zero-order chi connectivity index (χ0) is 14.3. The molecule has 2 heterocycles. The Morgan fingerprint density at radius 3 is 2.53 bits per heavy atom. The fourth-order valence-corrected chi connectivity index (χ4v) is 3.01. The van der Waals surface area contributed by atoms with Crippen molar-refractivity contribution in [1.82, 2.24) is 15.3 Å². The molecule has 2 rings (SSSR count). The number of hydrogen-bond acceptors (Lipinski definition) is 3. The third-order valence-corrected chi connectivity index (χ3v) is 4.18. The molecule has 1 fully saturated rings. The van der Waals surface area contributed by atoms with Crippen LogP contribution in [0.5, 0.6) is 0 Å². The molecule has 19 heavy (non-hydrogen) atoms. The Bertz CT molecular complexity index is 263. The number of likely N-dealkylation sites (tertiary alicyclic amines) is 1. The molecule has 2 unspecified atom stereocenters. The lowest BCUT2D eigenvalue weighted by Gasteiger charge is -2.29. The second-order valence-electron chi connectivity index (χ2n) is 5.70. The van der Waals surface area contributed by atoms with Crippen LogP contribution in [0.4, 0.5) is 0 Å². The number of nitrogens with zero attached hydrogens (tertiary/aromatic N) is 2. The third kappa shape index (κ3) is 4.81. The molecule has 0 spiro atoms. The van der Waals surface area contributed by atoms with Gasteiger partial charge in [0, 0.05) is 31.4 Å². The van der Waals surface area contributed by atoms with E-state index in [9.17, 15) is 0 Å². The van der Waals surface area contributed by atoms with Gasteiger partial charge in [-0.05, 0) is 45.6 Å². The van der Waals surface area contributed by atoms with Crippen molar-refractivity contribution >= 4 is 0 Å². The molecule has 0 bridgehead atoms. The summed E-state index contributed by atoms with van der Waals surface area (Å²) in [7, 11) is 0. The molecule has 0 aromatic carbocycles. The zero-order valence-corrected chi connectivity index (χ0v) is 13.5. The summed E-state index contributed by atoms with van der Waals surface area (Å²) in [5.74, 6) is 0.887. The zero-order valence-electron chi connectivity index (χ0n) is 13.5. The molecular weight excluding hydrogens is 234 g/mol. The van der Waals surface area contributed by atoms with E-state index in [-0.39, 0.29) is 0 Å². The molecule has 3 nitrogen and oxygen atoms in total. The predicted octanol–water partition coefficient (Wildman–Crippen LogP) is 3.25. The molecule has 3 heteroatoms. The summed E-state index contributed by atoms with van der Waals surface area (Å²) < 4.78 is 0. The van der Waals surface area contributed by atoms with Gasteiger partial charge < -0.3 is 9.91 Å². The molecule has 0 aromatic heterocycles. The van der Waals surface area contributed by atoms with Gasteiger partial charge >= 0.3 is 0 Å². The molecule has 2 atom stereocenters. The van der Waals surface area contributed by atoms with Crippen molar-refractivity contribution in [3.05, 3.63) is 12.3 Å². The lowest BCUT2D eigenvalue weighted by atomic mass is 9.97. The highest BCUT2D eigenvalue weighted by Crippen LogP contribution is 2.25. The van der Waals surface area contributed by atoms with Gasteiger partial charge in [-0.1, -0.05) is 26.8 Å². The van der Waals surface area contributed by atoms with Crippen molar-refractivity contribution in [2.24, 2.45) is 5.92 Å². The van der Waals surface area contributed by atoms with Crippen molar-refractivity contribution in [1.29, 1.82) is 0 Å². The quantitative estimate of drug-likeness (QED) is 0.825. The van der Waals surface area contributed by atoms with Gasteiger partial charge in [0.2, 0.25) is 0 Å². The fourth-order valence-electron chi connectivity index (χ4n) is 3.01. The first-order valence-electron chi connectivity index (χ1n) is 8.13. The van der Waals surface area contributed by atoms with Crippen molar-refractivity contribution in [2.45, 2.75) is 66.0 Å². The van der Waals surface area contributed by atoms with E-state index in [0.717, 1.165) is 12.5 Å². The van der Waals surface area contributed by atoms with Crippen molar-refractivity contribution in [3.63, 3.8) is 0 Å². The first-order valence-corrected chi connectivity index (χ1v) is 8.13. The highest BCUT2D eigenvalue weighted by molar-refractivity contribution is 4.93. The Kier molecular flexibility index (Phi) is 7.47. The van der Waals surface area contributed by atoms with Gasteiger partial charge in [-0.3, -0.25) is 0 Å². The van der Waals surface area contributed by atoms with Gasteiger partial charge in [-0.2, -0.15) is 0 Å². The van der Waals surface area contributed by atoms with E-state index in [1.54, 1.807) is 0 Å². The molecule has 0 aromatic rings. The van der Waals surface area contributed by atoms with Crippen molar-refractivity contribution in [3.8, 4) is 0 Å². The van der Waals surface area contributed by atoms with Gasteiger partial charge in [0.1, 0.15) is 0 Å². The molecule has 0 amide bonds. The maximum Gasteiger partial charge on any atom is 0.0448 e. The molecule has 112 valence electrons. The topological polar surface area (TPSA) is 18.5 Å². The molecule has 0 radical (unpaired) electrons. The molecule has 0 aliphatic carbocycles. The average molecular weight is 267 g/mol. The van der Waals surface area contributed by atoms with Gasteiger partial charge in [0.15, 0.2) is 0 Å². The Morgan fingerprint density at radius 2 is 2.05 bits per heavy atom. The average Bonchev–Trinajstić information content (AvgIpc) is 3.09. The predicted molar refractivity (Wildman–Crippen MR) is 83.8 cm³/mol. The first-order chi connectivity index (χ1) is 9.20. The lowest BCUT2D eigenvalue weighted by molar-refractivity contribution is 0.178. The van der Waals surface area contributed by atoms with Gasteiger partial charge in [0.05, 0.1) is 0 Å². The molecular formula is C16H33N3. The summed E-state index contributed by atoms with van der Waals surface area (Å²) >= 11 is 0. The summed E-state index contributed by atoms with van der Waals surface area (Å²) in [5.41, 5.74) is 3.42. The Morgan fingerprint density at radius 1 is 1.32 bits per heavy atom. The Labute approximate surface area is 120 Å². The number of hydrogen-bond donors (Lipinski definition) is 1. The minimum atomic E-state index is 0.672. The van der Waals surface area contributed by atoms with E-state index in [2.05, 4.69) is 48.4 Å². The van der Waals surface area contributed by atoms with Crippen LogP contribution in [0, 0.1) is 5.92 Å². The van der Waals surface area contributed by atoms with Crippen LogP contribution in [-0.2, 0) is 0 Å². The summed E-state index contributed by atoms with van der Waals surface area (Å²) in [4.78, 5) is 2.62. The Hall–Kier alpha value is -0.540. The second kappa shape index (κ2) is 8.60. The number of rotatable bonds is 5. The van der Waals surface area contributed by atoms with Crippen molar-refractivity contribution in [2.75, 3.05) is 19.6 Å². The first kappa shape index (κ1) is 16.5. The molecule has 2 aliphatic rings. The minimum Gasteiger partial charge on any atom is -0.313 e. The largest absolute Gasteiger partial charge is 0.313 e. The Balaban J connectivity index is 0.000000861.